The van der Waals surface area contributed by atoms with E-state index in [1.165, 1.54) is 12.8 Å². The van der Waals surface area contributed by atoms with E-state index in [9.17, 15) is 9.00 Å². The third-order valence-electron chi connectivity index (χ3n) is 4.56. The Morgan fingerprint density at radius 2 is 1.61 bits per heavy atom. The fourth-order valence-corrected chi connectivity index (χ4v) is 4.70. The summed E-state index contributed by atoms with van der Waals surface area (Å²) in [4.78, 5) is 12.1. The van der Waals surface area contributed by atoms with Gasteiger partial charge < -0.3 is 15.4 Å². The number of hydrogen-bond donors (Lipinski definition) is 2. The van der Waals surface area contributed by atoms with Crippen molar-refractivity contribution in [3.63, 3.8) is 0 Å². The molecule has 0 aromatic rings. The summed E-state index contributed by atoms with van der Waals surface area (Å²) in [7, 11) is -0.630. The fraction of sp³-hybridized carbons (Fsp3) is 0.941. The Kier molecular flexibility index (Phi) is 6.89. The van der Waals surface area contributed by atoms with Crippen molar-refractivity contribution in [1.29, 1.82) is 0 Å². The van der Waals surface area contributed by atoms with Gasteiger partial charge >= 0.3 is 6.09 Å². The van der Waals surface area contributed by atoms with E-state index in [-0.39, 0.29) is 12.1 Å². The van der Waals surface area contributed by atoms with Crippen LogP contribution in [0.25, 0.3) is 0 Å². The Balaban J connectivity index is 1.90. The number of nitrogens with one attached hydrogen (secondary N) is 2. The predicted molar refractivity (Wildman–Crippen MR) is 94.1 cm³/mol. The van der Waals surface area contributed by atoms with Gasteiger partial charge in [0.05, 0.1) is 0 Å². The van der Waals surface area contributed by atoms with Gasteiger partial charge in [-0.1, -0.05) is 19.3 Å². The predicted octanol–water partition coefficient (Wildman–Crippen LogP) is 2.71. The normalized spacial score (nSPS) is 32.8. The van der Waals surface area contributed by atoms with Gasteiger partial charge in [-0.25, -0.2) is 4.79 Å². The van der Waals surface area contributed by atoms with Crippen molar-refractivity contribution in [2.75, 3.05) is 11.5 Å². The highest BCUT2D eigenvalue weighted by Gasteiger charge is 2.29. The van der Waals surface area contributed by atoms with Gasteiger partial charge in [0, 0.05) is 40.4 Å². The molecule has 0 aromatic carbocycles. The Bertz CT molecular complexity index is 413. The van der Waals surface area contributed by atoms with E-state index in [4.69, 9.17) is 4.74 Å². The average Bonchev–Trinajstić information content (AvgIpc) is 2.65. The van der Waals surface area contributed by atoms with Gasteiger partial charge in [-0.05, 0) is 46.5 Å². The summed E-state index contributed by atoms with van der Waals surface area (Å²) in [5.74, 6) is 1.60. The van der Waals surface area contributed by atoms with Crippen molar-refractivity contribution in [3.8, 4) is 0 Å². The van der Waals surface area contributed by atoms with Crippen molar-refractivity contribution < 1.29 is 13.7 Å². The topological polar surface area (TPSA) is 67.4 Å². The van der Waals surface area contributed by atoms with Gasteiger partial charge in [0.15, 0.2) is 0 Å². The first-order valence-electron chi connectivity index (χ1n) is 8.94. The number of hydrogen-bond acceptors (Lipinski definition) is 4. The lowest BCUT2D eigenvalue weighted by atomic mass is 10.0. The molecule has 1 saturated carbocycles. The lowest BCUT2D eigenvalue weighted by Gasteiger charge is -2.33. The molecule has 2 rings (SSSR count). The number of rotatable bonds is 3. The molecule has 1 aliphatic heterocycles. The van der Waals surface area contributed by atoms with Crippen molar-refractivity contribution >= 4 is 16.9 Å². The average molecular weight is 345 g/mol. The molecule has 0 bridgehead atoms. The number of amides is 1. The zero-order valence-corrected chi connectivity index (χ0v) is 15.5. The second-order valence-electron chi connectivity index (χ2n) is 7.79. The van der Waals surface area contributed by atoms with Crippen LogP contribution in [-0.4, -0.2) is 45.5 Å². The number of carbonyl (C=O) groups excluding carboxylic acids is 1. The first kappa shape index (κ1) is 18.7. The molecule has 2 aliphatic rings. The smallest absolute Gasteiger partial charge is 0.407 e. The molecule has 6 heteroatoms. The van der Waals surface area contributed by atoms with Crippen molar-refractivity contribution in [2.45, 2.75) is 89.4 Å². The van der Waals surface area contributed by atoms with Gasteiger partial charge in [0.1, 0.15) is 5.60 Å². The van der Waals surface area contributed by atoms with Crippen LogP contribution in [0.2, 0.25) is 0 Å². The molecule has 0 spiro atoms. The van der Waals surface area contributed by atoms with Gasteiger partial charge in [0.25, 0.3) is 0 Å². The highest BCUT2D eigenvalue weighted by molar-refractivity contribution is 7.85. The van der Waals surface area contributed by atoms with Crippen LogP contribution in [0.4, 0.5) is 4.79 Å². The lowest BCUT2D eigenvalue weighted by Crippen LogP contribution is -2.54. The molecule has 23 heavy (non-hydrogen) atoms. The van der Waals surface area contributed by atoms with Crippen LogP contribution < -0.4 is 10.6 Å². The fourth-order valence-electron chi connectivity index (χ4n) is 3.40. The van der Waals surface area contributed by atoms with Gasteiger partial charge in [-0.3, -0.25) is 4.21 Å². The first-order valence-corrected chi connectivity index (χ1v) is 10.4. The molecule has 2 unspecified atom stereocenters. The Labute approximate surface area is 142 Å². The number of ether oxygens (including phenoxy) is 1. The number of carbonyl (C=O) groups is 1. The maximum absolute atomic E-state index is 12.1. The molecular weight excluding hydrogens is 312 g/mol. The summed E-state index contributed by atoms with van der Waals surface area (Å²) in [6.07, 6.45) is 7.27. The van der Waals surface area contributed by atoms with Crippen LogP contribution in [0.1, 0.15) is 65.7 Å². The summed E-state index contributed by atoms with van der Waals surface area (Å²) in [6, 6.07) is 0.847. The van der Waals surface area contributed by atoms with Crippen LogP contribution in [0.3, 0.4) is 0 Å². The van der Waals surface area contributed by atoms with Crippen LogP contribution >= 0.6 is 0 Å². The molecule has 5 nitrogen and oxygen atoms in total. The monoisotopic (exact) mass is 344 g/mol. The van der Waals surface area contributed by atoms with Crippen molar-refractivity contribution in [3.05, 3.63) is 0 Å². The van der Waals surface area contributed by atoms with Gasteiger partial charge in [0.2, 0.25) is 0 Å². The summed E-state index contributed by atoms with van der Waals surface area (Å²) in [6.45, 7) is 5.66. The maximum atomic E-state index is 12.1. The van der Waals surface area contributed by atoms with Crippen molar-refractivity contribution in [2.24, 2.45) is 0 Å². The summed E-state index contributed by atoms with van der Waals surface area (Å²) >= 11 is 0. The minimum atomic E-state index is -0.630. The highest BCUT2D eigenvalue weighted by Crippen LogP contribution is 2.21. The molecule has 2 fully saturated rings. The molecule has 1 amide bonds. The van der Waals surface area contributed by atoms with E-state index in [2.05, 4.69) is 10.6 Å². The van der Waals surface area contributed by atoms with Crippen LogP contribution in [0.15, 0.2) is 0 Å². The number of alkyl carbamates (subject to hydrolysis) is 1. The molecule has 1 heterocycles. The minimum absolute atomic E-state index is 0.125. The second kappa shape index (κ2) is 8.47. The Morgan fingerprint density at radius 3 is 2.22 bits per heavy atom. The molecule has 0 aromatic heterocycles. The Hall–Kier alpha value is -0.620. The lowest BCUT2D eigenvalue weighted by molar-refractivity contribution is 0.0487. The van der Waals surface area contributed by atoms with Crippen LogP contribution in [0, 0.1) is 0 Å². The molecule has 0 radical (unpaired) electrons. The molecule has 134 valence electrons. The standard InChI is InChI=1S/C17H32N2O3S/c1-17(2,3)22-16(20)19-15-8-6-4-5-7-14(15)18-13-9-11-23(21)12-10-13/h13-15,18H,4-12H2,1-3H3,(H,19,20). The molecule has 2 atom stereocenters. The SMILES string of the molecule is CC(C)(C)OC(=O)NC1CCCCCC1NC1CCS(=O)CC1. The van der Waals surface area contributed by atoms with E-state index in [1.807, 2.05) is 20.8 Å². The zero-order chi connectivity index (χ0) is 16.9. The van der Waals surface area contributed by atoms with E-state index in [0.717, 1.165) is 43.6 Å². The zero-order valence-electron chi connectivity index (χ0n) is 14.7. The van der Waals surface area contributed by atoms with E-state index in [1.54, 1.807) is 0 Å². The molecule has 1 saturated heterocycles. The molecule has 2 N–H and O–H groups in total. The molecular formula is C17H32N2O3S. The summed E-state index contributed by atoms with van der Waals surface area (Å²) in [5.41, 5.74) is -0.467. The quantitative estimate of drug-likeness (QED) is 0.773. The summed E-state index contributed by atoms with van der Waals surface area (Å²) < 4.78 is 16.9. The molecule has 1 aliphatic carbocycles. The first-order chi connectivity index (χ1) is 10.8. The Morgan fingerprint density at radius 1 is 1.00 bits per heavy atom. The van der Waals surface area contributed by atoms with E-state index < -0.39 is 16.4 Å². The van der Waals surface area contributed by atoms with Crippen LogP contribution in [0.5, 0.6) is 0 Å². The summed E-state index contributed by atoms with van der Waals surface area (Å²) in [5, 5.41) is 6.81. The third-order valence-corrected chi connectivity index (χ3v) is 5.94. The van der Waals surface area contributed by atoms with Crippen molar-refractivity contribution in [1.82, 2.24) is 10.6 Å². The van der Waals surface area contributed by atoms with Gasteiger partial charge in [-0.15, -0.1) is 0 Å². The van der Waals surface area contributed by atoms with E-state index >= 15 is 0 Å². The van der Waals surface area contributed by atoms with Gasteiger partial charge in [-0.2, -0.15) is 0 Å². The third kappa shape index (κ3) is 6.79. The minimum Gasteiger partial charge on any atom is -0.444 e. The highest BCUT2D eigenvalue weighted by atomic mass is 32.2. The largest absolute Gasteiger partial charge is 0.444 e. The maximum Gasteiger partial charge on any atom is 0.407 e. The van der Waals surface area contributed by atoms with E-state index in [0.29, 0.717) is 12.1 Å². The second-order valence-corrected chi connectivity index (χ2v) is 9.48. The van der Waals surface area contributed by atoms with Crippen LogP contribution in [-0.2, 0) is 15.5 Å².